The van der Waals surface area contributed by atoms with Crippen molar-refractivity contribution in [3.05, 3.63) is 29.8 Å². The Morgan fingerprint density at radius 2 is 2.12 bits per heavy atom. The van der Waals surface area contributed by atoms with E-state index in [4.69, 9.17) is 4.74 Å². The number of ether oxygens (including phenoxy) is 1. The number of benzene rings is 1. The van der Waals surface area contributed by atoms with Crippen molar-refractivity contribution in [1.29, 1.82) is 0 Å². The highest BCUT2D eigenvalue weighted by Gasteiger charge is 2.23. The van der Waals surface area contributed by atoms with Gasteiger partial charge in [-0.15, -0.1) is 0 Å². The van der Waals surface area contributed by atoms with E-state index in [0.29, 0.717) is 10.7 Å². The Hall–Kier alpha value is -0.500. The van der Waals surface area contributed by atoms with Crippen LogP contribution in [0.2, 0.25) is 0 Å². The van der Waals surface area contributed by atoms with Crippen molar-refractivity contribution in [2.45, 2.75) is 43.4 Å². The van der Waals surface area contributed by atoms with Crippen LogP contribution in [0.15, 0.2) is 24.3 Å². The lowest BCUT2D eigenvalue weighted by atomic mass is 9.83. The fraction of sp³-hybridized carbons (Fsp3) is 0.571. The first-order valence-electron chi connectivity index (χ1n) is 6.17. The van der Waals surface area contributed by atoms with Crippen molar-refractivity contribution in [2.75, 3.05) is 6.61 Å². The van der Waals surface area contributed by atoms with E-state index in [9.17, 15) is 0 Å². The first-order chi connectivity index (χ1) is 7.81. The van der Waals surface area contributed by atoms with Gasteiger partial charge in [0, 0.05) is 4.83 Å². The molecule has 0 heterocycles. The summed E-state index contributed by atoms with van der Waals surface area (Å²) in [6.07, 6.45) is 5.17. The molecule has 1 nitrogen and oxygen atoms in total. The van der Waals surface area contributed by atoms with Crippen molar-refractivity contribution in [3.63, 3.8) is 0 Å². The molecule has 1 saturated carbocycles. The van der Waals surface area contributed by atoms with E-state index in [-0.39, 0.29) is 0 Å². The SMILES string of the molecule is CCOc1ccccc1C1CCCC(Br)C1. The summed E-state index contributed by atoms with van der Waals surface area (Å²) in [7, 11) is 0. The minimum Gasteiger partial charge on any atom is -0.494 e. The summed E-state index contributed by atoms with van der Waals surface area (Å²) < 4.78 is 5.71. The van der Waals surface area contributed by atoms with Gasteiger partial charge in [0.1, 0.15) is 5.75 Å². The summed E-state index contributed by atoms with van der Waals surface area (Å²) in [4.78, 5) is 0.681. The monoisotopic (exact) mass is 282 g/mol. The highest BCUT2D eigenvalue weighted by molar-refractivity contribution is 9.09. The summed E-state index contributed by atoms with van der Waals surface area (Å²) >= 11 is 3.75. The molecule has 0 spiro atoms. The van der Waals surface area contributed by atoms with Crippen molar-refractivity contribution in [1.82, 2.24) is 0 Å². The molecule has 0 saturated heterocycles. The van der Waals surface area contributed by atoms with Crippen molar-refractivity contribution in [2.24, 2.45) is 0 Å². The van der Waals surface area contributed by atoms with Gasteiger partial charge in [-0.1, -0.05) is 40.5 Å². The van der Waals surface area contributed by atoms with Gasteiger partial charge < -0.3 is 4.74 Å². The molecule has 1 fully saturated rings. The van der Waals surface area contributed by atoms with Gasteiger partial charge in [-0.2, -0.15) is 0 Å². The first kappa shape index (κ1) is 12.0. The molecule has 2 unspecified atom stereocenters. The summed E-state index contributed by atoms with van der Waals surface area (Å²) in [6.45, 7) is 2.80. The minimum absolute atomic E-state index is 0.667. The zero-order chi connectivity index (χ0) is 11.4. The molecule has 0 aliphatic heterocycles. The van der Waals surface area contributed by atoms with Crippen LogP contribution < -0.4 is 4.74 Å². The van der Waals surface area contributed by atoms with Gasteiger partial charge in [-0.05, 0) is 43.7 Å². The third kappa shape index (κ3) is 2.79. The average Bonchev–Trinajstić information content (AvgIpc) is 2.30. The Morgan fingerprint density at radius 1 is 1.31 bits per heavy atom. The fourth-order valence-corrected chi connectivity index (χ4v) is 3.29. The molecule has 1 aromatic rings. The maximum Gasteiger partial charge on any atom is 0.122 e. The molecular weight excluding hydrogens is 264 g/mol. The van der Waals surface area contributed by atoms with Gasteiger partial charge >= 0.3 is 0 Å². The Labute approximate surface area is 106 Å². The second kappa shape index (κ2) is 5.72. The molecule has 88 valence electrons. The molecule has 0 amide bonds. The summed E-state index contributed by atoms with van der Waals surface area (Å²) in [5.41, 5.74) is 1.40. The second-order valence-corrected chi connectivity index (χ2v) is 5.73. The maximum atomic E-state index is 5.71. The van der Waals surface area contributed by atoms with E-state index >= 15 is 0 Å². The van der Waals surface area contributed by atoms with Crippen molar-refractivity contribution < 1.29 is 4.74 Å². The lowest BCUT2D eigenvalue weighted by molar-refractivity contribution is 0.329. The largest absolute Gasteiger partial charge is 0.494 e. The molecule has 0 aromatic heterocycles. The number of hydrogen-bond acceptors (Lipinski definition) is 1. The van der Waals surface area contributed by atoms with E-state index in [0.717, 1.165) is 12.4 Å². The fourth-order valence-electron chi connectivity index (χ4n) is 2.52. The smallest absolute Gasteiger partial charge is 0.122 e. The molecule has 16 heavy (non-hydrogen) atoms. The van der Waals surface area contributed by atoms with Crippen LogP contribution in [0, 0.1) is 0 Å². The Morgan fingerprint density at radius 3 is 2.88 bits per heavy atom. The third-order valence-corrected chi connectivity index (χ3v) is 4.10. The molecule has 1 aliphatic carbocycles. The number of halogens is 1. The van der Waals surface area contributed by atoms with Crippen LogP contribution in [-0.4, -0.2) is 11.4 Å². The van der Waals surface area contributed by atoms with Gasteiger partial charge in [-0.3, -0.25) is 0 Å². The zero-order valence-corrected chi connectivity index (χ0v) is 11.4. The van der Waals surface area contributed by atoms with E-state index < -0.39 is 0 Å². The van der Waals surface area contributed by atoms with Gasteiger partial charge in [0.05, 0.1) is 6.61 Å². The van der Waals surface area contributed by atoms with E-state index in [2.05, 4.69) is 40.2 Å². The maximum absolute atomic E-state index is 5.71. The van der Waals surface area contributed by atoms with Crippen LogP contribution >= 0.6 is 15.9 Å². The van der Waals surface area contributed by atoms with E-state index in [1.165, 1.54) is 31.2 Å². The summed E-state index contributed by atoms with van der Waals surface area (Å²) in [5, 5.41) is 0. The van der Waals surface area contributed by atoms with Gasteiger partial charge in [0.2, 0.25) is 0 Å². The highest BCUT2D eigenvalue weighted by Crippen LogP contribution is 2.39. The van der Waals surface area contributed by atoms with Gasteiger partial charge in [0.15, 0.2) is 0 Å². The van der Waals surface area contributed by atoms with Crippen molar-refractivity contribution >= 4 is 15.9 Å². The predicted octanol–water partition coefficient (Wildman–Crippen LogP) is 4.51. The molecule has 2 atom stereocenters. The summed E-state index contributed by atoms with van der Waals surface area (Å²) in [6, 6.07) is 8.50. The van der Waals surface area contributed by atoms with E-state index in [1.54, 1.807) is 0 Å². The molecule has 0 N–H and O–H groups in total. The summed E-state index contributed by atoms with van der Waals surface area (Å²) in [5.74, 6) is 1.75. The minimum atomic E-state index is 0.667. The average molecular weight is 283 g/mol. The molecule has 0 radical (unpaired) electrons. The Kier molecular flexibility index (Phi) is 4.28. The standard InChI is InChI=1S/C14H19BrO/c1-2-16-14-9-4-3-8-13(14)11-6-5-7-12(15)10-11/h3-4,8-9,11-12H,2,5-7,10H2,1H3. The Bertz CT molecular complexity index is 337. The first-order valence-corrected chi connectivity index (χ1v) is 7.08. The molecule has 1 aromatic carbocycles. The van der Waals surface area contributed by atoms with Crippen LogP contribution in [0.5, 0.6) is 5.75 Å². The number of hydrogen-bond donors (Lipinski definition) is 0. The normalized spacial score (nSPS) is 25.4. The molecule has 2 heteroatoms. The number of rotatable bonds is 3. The van der Waals surface area contributed by atoms with Crippen LogP contribution in [0.1, 0.15) is 44.1 Å². The lowest BCUT2D eigenvalue weighted by Crippen LogP contribution is -2.14. The van der Waals surface area contributed by atoms with Crippen molar-refractivity contribution in [3.8, 4) is 5.75 Å². The van der Waals surface area contributed by atoms with Crippen LogP contribution in [0.3, 0.4) is 0 Å². The van der Waals surface area contributed by atoms with Gasteiger partial charge in [0.25, 0.3) is 0 Å². The van der Waals surface area contributed by atoms with Gasteiger partial charge in [-0.25, -0.2) is 0 Å². The van der Waals surface area contributed by atoms with Crippen LogP contribution in [0.4, 0.5) is 0 Å². The predicted molar refractivity (Wildman–Crippen MR) is 71.5 cm³/mol. The van der Waals surface area contributed by atoms with E-state index in [1.807, 2.05) is 6.92 Å². The molecular formula is C14H19BrO. The molecule has 0 bridgehead atoms. The topological polar surface area (TPSA) is 9.23 Å². The number of alkyl halides is 1. The quantitative estimate of drug-likeness (QED) is 0.742. The second-order valence-electron chi connectivity index (χ2n) is 4.43. The zero-order valence-electron chi connectivity index (χ0n) is 9.79. The lowest BCUT2D eigenvalue weighted by Gasteiger charge is -2.27. The third-order valence-electron chi connectivity index (χ3n) is 3.27. The van der Waals surface area contributed by atoms with Crippen LogP contribution in [0.25, 0.3) is 0 Å². The Balaban J connectivity index is 2.17. The number of para-hydroxylation sites is 1. The van der Waals surface area contributed by atoms with Crippen LogP contribution in [-0.2, 0) is 0 Å². The molecule has 2 rings (SSSR count). The molecule has 1 aliphatic rings. The highest BCUT2D eigenvalue weighted by atomic mass is 79.9.